The minimum Gasteiger partial charge on any atom is -0.463 e. The van der Waals surface area contributed by atoms with Gasteiger partial charge >= 0.3 is 0 Å². The van der Waals surface area contributed by atoms with Crippen LogP contribution < -0.4 is 10.6 Å². The summed E-state index contributed by atoms with van der Waals surface area (Å²) in [5, 5.41) is 10.6. The van der Waals surface area contributed by atoms with Crippen molar-refractivity contribution in [1.29, 1.82) is 0 Å². The monoisotopic (exact) mass is 420 g/mol. The maximum atomic E-state index is 12.8. The van der Waals surface area contributed by atoms with Crippen LogP contribution in [0.25, 0.3) is 17.1 Å². The highest BCUT2D eigenvalue weighted by Gasteiger charge is 2.18. The van der Waals surface area contributed by atoms with Crippen LogP contribution in [0.2, 0.25) is 5.02 Å². The number of anilines is 2. The molecule has 0 radical (unpaired) electrons. The van der Waals surface area contributed by atoms with Crippen LogP contribution in [0.15, 0.2) is 77.4 Å². The molecule has 4 aromatic rings. The fraction of sp³-hybridized carbons (Fsp3) is 0.0455. The quantitative estimate of drug-likeness (QED) is 0.475. The van der Waals surface area contributed by atoms with E-state index in [0.29, 0.717) is 27.9 Å². The predicted octanol–water partition coefficient (Wildman–Crippen LogP) is 5.00. The SMILES string of the molecule is CC(=O)Nc1ccc(NC(=O)c2cc(-c3ccco3)n(-c3ccc(Cl)cc3)n2)cc1. The Morgan fingerprint density at radius 2 is 1.63 bits per heavy atom. The van der Waals surface area contributed by atoms with Gasteiger partial charge in [-0.25, -0.2) is 4.68 Å². The van der Waals surface area contributed by atoms with Crippen LogP contribution in [0, 0.1) is 0 Å². The third kappa shape index (κ3) is 4.26. The van der Waals surface area contributed by atoms with Crippen molar-refractivity contribution in [2.45, 2.75) is 6.92 Å². The maximum absolute atomic E-state index is 12.8. The molecule has 150 valence electrons. The Kier molecular flexibility index (Phi) is 5.36. The van der Waals surface area contributed by atoms with Gasteiger partial charge in [0.2, 0.25) is 5.91 Å². The number of amides is 2. The molecule has 2 aromatic carbocycles. The van der Waals surface area contributed by atoms with Crippen LogP contribution >= 0.6 is 11.6 Å². The van der Waals surface area contributed by atoms with E-state index in [0.717, 1.165) is 5.69 Å². The zero-order valence-electron chi connectivity index (χ0n) is 15.9. The Bertz CT molecular complexity index is 1180. The number of carbonyl (C=O) groups excluding carboxylic acids is 2. The number of hydrogen-bond acceptors (Lipinski definition) is 4. The number of hydrogen-bond donors (Lipinski definition) is 2. The first kappa shape index (κ1) is 19.5. The van der Waals surface area contributed by atoms with E-state index in [2.05, 4.69) is 15.7 Å². The molecule has 2 amide bonds. The molecular formula is C22H17ClN4O3. The lowest BCUT2D eigenvalue weighted by Crippen LogP contribution is -2.13. The normalized spacial score (nSPS) is 10.6. The van der Waals surface area contributed by atoms with E-state index >= 15 is 0 Å². The van der Waals surface area contributed by atoms with Gasteiger partial charge in [0.1, 0.15) is 5.69 Å². The first-order valence-electron chi connectivity index (χ1n) is 9.08. The van der Waals surface area contributed by atoms with E-state index in [1.54, 1.807) is 65.5 Å². The molecule has 2 N–H and O–H groups in total. The van der Waals surface area contributed by atoms with Gasteiger partial charge in [-0.15, -0.1) is 0 Å². The highest BCUT2D eigenvalue weighted by Crippen LogP contribution is 2.26. The molecule has 2 aromatic heterocycles. The molecule has 0 saturated heterocycles. The molecule has 4 rings (SSSR count). The summed E-state index contributed by atoms with van der Waals surface area (Å²) >= 11 is 5.99. The average molecular weight is 421 g/mol. The molecule has 8 heteroatoms. The first-order chi connectivity index (χ1) is 14.5. The van der Waals surface area contributed by atoms with Gasteiger partial charge in [-0.2, -0.15) is 5.10 Å². The molecule has 0 aliphatic carbocycles. The summed E-state index contributed by atoms with van der Waals surface area (Å²) < 4.78 is 7.14. The highest BCUT2D eigenvalue weighted by atomic mass is 35.5. The van der Waals surface area contributed by atoms with E-state index < -0.39 is 0 Å². The van der Waals surface area contributed by atoms with Gasteiger partial charge in [0.15, 0.2) is 11.5 Å². The molecule has 0 aliphatic rings. The topological polar surface area (TPSA) is 89.2 Å². The summed E-state index contributed by atoms with van der Waals surface area (Å²) in [6, 6.07) is 19.2. The lowest BCUT2D eigenvalue weighted by atomic mass is 10.2. The van der Waals surface area contributed by atoms with Crippen molar-refractivity contribution >= 4 is 34.8 Å². The number of nitrogens with zero attached hydrogens (tertiary/aromatic N) is 2. The van der Waals surface area contributed by atoms with Crippen LogP contribution in [0.5, 0.6) is 0 Å². The Balaban J connectivity index is 1.62. The van der Waals surface area contributed by atoms with Gasteiger partial charge in [-0.3, -0.25) is 9.59 Å². The number of furan rings is 1. The van der Waals surface area contributed by atoms with Crippen molar-refractivity contribution in [2.75, 3.05) is 10.6 Å². The summed E-state index contributed by atoms with van der Waals surface area (Å²) in [5.74, 6) is 0.0453. The number of benzene rings is 2. The second-order valence-corrected chi connectivity index (χ2v) is 6.93. The second-order valence-electron chi connectivity index (χ2n) is 6.49. The first-order valence-corrected chi connectivity index (χ1v) is 9.46. The molecule has 2 heterocycles. The van der Waals surface area contributed by atoms with Crippen LogP contribution in [0.3, 0.4) is 0 Å². The van der Waals surface area contributed by atoms with Crippen molar-refractivity contribution < 1.29 is 14.0 Å². The van der Waals surface area contributed by atoms with Crippen molar-refractivity contribution in [3.8, 4) is 17.1 Å². The largest absolute Gasteiger partial charge is 0.463 e. The van der Waals surface area contributed by atoms with Gasteiger partial charge in [0.05, 0.1) is 12.0 Å². The molecule has 7 nitrogen and oxygen atoms in total. The van der Waals surface area contributed by atoms with Gasteiger partial charge in [-0.1, -0.05) is 11.6 Å². The van der Waals surface area contributed by atoms with Gasteiger partial charge in [-0.05, 0) is 60.7 Å². The number of aromatic nitrogens is 2. The zero-order valence-corrected chi connectivity index (χ0v) is 16.7. The summed E-state index contributed by atoms with van der Waals surface area (Å²) in [7, 11) is 0. The van der Waals surface area contributed by atoms with Crippen molar-refractivity contribution in [3.05, 3.63) is 83.7 Å². The fourth-order valence-electron chi connectivity index (χ4n) is 2.91. The van der Waals surface area contributed by atoms with Crippen LogP contribution in [-0.4, -0.2) is 21.6 Å². The van der Waals surface area contributed by atoms with Gasteiger partial charge < -0.3 is 15.1 Å². The molecular weight excluding hydrogens is 404 g/mol. The molecule has 0 saturated carbocycles. The van der Waals surface area contributed by atoms with E-state index in [1.165, 1.54) is 6.92 Å². The highest BCUT2D eigenvalue weighted by molar-refractivity contribution is 6.30. The number of carbonyl (C=O) groups is 2. The smallest absolute Gasteiger partial charge is 0.276 e. The summed E-state index contributed by atoms with van der Waals surface area (Å²) in [6.45, 7) is 1.43. The predicted molar refractivity (Wildman–Crippen MR) is 115 cm³/mol. The molecule has 0 bridgehead atoms. The zero-order chi connectivity index (χ0) is 21.1. The van der Waals surface area contributed by atoms with Gasteiger partial charge in [0.25, 0.3) is 5.91 Å². The summed E-state index contributed by atoms with van der Waals surface area (Å²) in [5.41, 5.74) is 2.82. The molecule has 0 unspecified atom stereocenters. The number of nitrogens with one attached hydrogen (secondary N) is 2. The summed E-state index contributed by atoms with van der Waals surface area (Å²) in [4.78, 5) is 23.9. The van der Waals surface area contributed by atoms with E-state index in [9.17, 15) is 9.59 Å². The number of rotatable bonds is 5. The molecule has 0 aliphatic heterocycles. The minimum absolute atomic E-state index is 0.162. The molecule has 30 heavy (non-hydrogen) atoms. The number of halogens is 1. The van der Waals surface area contributed by atoms with E-state index in [-0.39, 0.29) is 17.5 Å². The van der Waals surface area contributed by atoms with Crippen molar-refractivity contribution in [2.24, 2.45) is 0 Å². The summed E-state index contributed by atoms with van der Waals surface area (Å²) in [6.07, 6.45) is 1.56. The van der Waals surface area contributed by atoms with E-state index in [4.69, 9.17) is 16.0 Å². The standard InChI is InChI=1S/C22H17ClN4O3/c1-14(28)24-16-6-8-17(9-7-16)25-22(29)19-13-20(21-3-2-12-30-21)27(26-19)18-10-4-15(23)5-11-18/h2-13H,1H3,(H,24,28)(H,25,29). The van der Waals surface area contributed by atoms with Crippen molar-refractivity contribution in [3.63, 3.8) is 0 Å². The maximum Gasteiger partial charge on any atom is 0.276 e. The Hall–Kier alpha value is -3.84. The lowest BCUT2D eigenvalue weighted by molar-refractivity contribution is -0.114. The Morgan fingerprint density at radius 1 is 0.967 bits per heavy atom. The molecule has 0 spiro atoms. The third-order valence-electron chi connectivity index (χ3n) is 4.25. The Labute approximate surface area is 177 Å². The minimum atomic E-state index is -0.372. The second kappa shape index (κ2) is 8.26. The molecule has 0 atom stereocenters. The average Bonchev–Trinajstić information content (AvgIpc) is 3.39. The fourth-order valence-corrected chi connectivity index (χ4v) is 3.03. The Morgan fingerprint density at radius 3 is 2.23 bits per heavy atom. The van der Waals surface area contributed by atoms with E-state index in [1.807, 2.05) is 12.1 Å². The van der Waals surface area contributed by atoms with Gasteiger partial charge in [0, 0.05) is 29.4 Å². The van der Waals surface area contributed by atoms with Crippen LogP contribution in [-0.2, 0) is 4.79 Å². The lowest BCUT2D eigenvalue weighted by Gasteiger charge is -2.06. The van der Waals surface area contributed by atoms with Crippen LogP contribution in [0.4, 0.5) is 11.4 Å². The van der Waals surface area contributed by atoms with Crippen LogP contribution in [0.1, 0.15) is 17.4 Å². The van der Waals surface area contributed by atoms with Crippen molar-refractivity contribution in [1.82, 2.24) is 9.78 Å². The molecule has 0 fully saturated rings. The third-order valence-corrected chi connectivity index (χ3v) is 4.50.